The summed E-state index contributed by atoms with van der Waals surface area (Å²) in [6.45, 7) is 1.63. The zero-order valence-corrected chi connectivity index (χ0v) is 14.6. The molecule has 0 saturated heterocycles. The fourth-order valence-electron chi connectivity index (χ4n) is 3.16. The first kappa shape index (κ1) is 17.2. The Labute approximate surface area is 147 Å². The molecule has 0 bridgehead atoms. The molecule has 1 atom stereocenters. The zero-order chi connectivity index (χ0) is 17.8. The number of carbonyl (C=O) groups is 2. The van der Waals surface area contributed by atoms with Crippen LogP contribution in [0.4, 0.5) is 0 Å². The summed E-state index contributed by atoms with van der Waals surface area (Å²) in [6.07, 6.45) is 2.58. The number of methoxy groups -OCH3 is 1. The standard InChI is InChI=1S/C21H22O4/c1-14(21(23)18-9-8-16-4-3-5-17(16)13-18)25-20(22)12-15-6-10-19(24-2)11-7-15/h6-11,13-14H,3-5,12H2,1-2H3/t14-/m1/s1. The van der Waals surface area contributed by atoms with Gasteiger partial charge in [-0.3, -0.25) is 9.59 Å². The molecule has 0 radical (unpaired) electrons. The molecular weight excluding hydrogens is 316 g/mol. The van der Waals surface area contributed by atoms with E-state index < -0.39 is 12.1 Å². The Morgan fingerprint density at radius 1 is 1.04 bits per heavy atom. The van der Waals surface area contributed by atoms with E-state index in [1.807, 2.05) is 30.3 Å². The second-order valence-electron chi connectivity index (χ2n) is 6.36. The van der Waals surface area contributed by atoms with Crippen molar-refractivity contribution >= 4 is 11.8 Å². The number of hydrogen-bond acceptors (Lipinski definition) is 4. The third kappa shape index (κ3) is 4.08. The van der Waals surface area contributed by atoms with Gasteiger partial charge >= 0.3 is 5.97 Å². The Balaban J connectivity index is 1.59. The van der Waals surface area contributed by atoms with Gasteiger partial charge in [0.2, 0.25) is 5.78 Å². The Hall–Kier alpha value is -2.62. The molecule has 2 aromatic rings. The molecule has 4 heteroatoms. The lowest BCUT2D eigenvalue weighted by Gasteiger charge is -2.13. The van der Waals surface area contributed by atoms with E-state index in [-0.39, 0.29) is 12.2 Å². The van der Waals surface area contributed by atoms with Crippen LogP contribution in [-0.4, -0.2) is 25.0 Å². The van der Waals surface area contributed by atoms with Gasteiger partial charge in [-0.2, -0.15) is 0 Å². The van der Waals surface area contributed by atoms with E-state index in [1.54, 1.807) is 26.2 Å². The number of rotatable bonds is 6. The first-order chi connectivity index (χ1) is 12.1. The fraction of sp³-hybridized carbons (Fsp3) is 0.333. The number of hydrogen-bond donors (Lipinski definition) is 0. The summed E-state index contributed by atoms with van der Waals surface area (Å²) in [5.74, 6) is 0.169. The van der Waals surface area contributed by atoms with E-state index in [1.165, 1.54) is 11.1 Å². The van der Waals surface area contributed by atoms with Crippen molar-refractivity contribution in [3.05, 3.63) is 64.7 Å². The maximum atomic E-state index is 12.5. The van der Waals surface area contributed by atoms with Crippen molar-refractivity contribution in [2.45, 2.75) is 38.7 Å². The minimum Gasteiger partial charge on any atom is -0.497 e. The lowest BCUT2D eigenvalue weighted by molar-refractivity contribution is -0.145. The van der Waals surface area contributed by atoms with Crippen LogP contribution in [0.25, 0.3) is 0 Å². The van der Waals surface area contributed by atoms with Gasteiger partial charge in [0.05, 0.1) is 13.5 Å². The average molecular weight is 338 g/mol. The molecule has 3 rings (SSSR count). The summed E-state index contributed by atoms with van der Waals surface area (Å²) >= 11 is 0. The van der Waals surface area contributed by atoms with Crippen LogP contribution in [0.5, 0.6) is 5.75 Å². The Morgan fingerprint density at radius 2 is 1.76 bits per heavy atom. The van der Waals surface area contributed by atoms with Gasteiger partial charge in [-0.25, -0.2) is 0 Å². The summed E-state index contributed by atoms with van der Waals surface area (Å²) in [5, 5.41) is 0. The van der Waals surface area contributed by atoms with Gasteiger partial charge < -0.3 is 9.47 Å². The molecule has 0 heterocycles. The van der Waals surface area contributed by atoms with Crippen LogP contribution < -0.4 is 4.74 Å². The first-order valence-electron chi connectivity index (χ1n) is 8.55. The number of fused-ring (bicyclic) bond motifs is 1. The van der Waals surface area contributed by atoms with E-state index in [2.05, 4.69) is 0 Å². The van der Waals surface area contributed by atoms with Gasteiger partial charge in [0.1, 0.15) is 5.75 Å². The predicted molar refractivity (Wildman–Crippen MR) is 95.0 cm³/mol. The van der Waals surface area contributed by atoms with Gasteiger partial charge in [-0.1, -0.05) is 24.3 Å². The number of aryl methyl sites for hydroxylation is 2. The van der Waals surface area contributed by atoms with Gasteiger partial charge in [0, 0.05) is 5.56 Å². The number of ether oxygens (including phenoxy) is 2. The molecule has 0 fully saturated rings. The summed E-state index contributed by atoms with van der Waals surface area (Å²) in [5.41, 5.74) is 4.00. The van der Waals surface area contributed by atoms with E-state index >= 15 is 0 Å². The second-order valence-corrected chi connectivity index (χ2v) is 6.36. The Morgan fingerprint density at radius 3 is 2.48 bits per heavy atom. The zero-order valence-electron chi connectivity index (χ0n) is 14.6. The van der Waals surface area contributed by atoms with E-state index in [4.69, 9.17) is 9.47 Å². The smallest absolute Gasteiger partial charge is 0.310 e. The van der Waals surface area contributed by atoms with Crippen molar-refractivity contribution in [3.63, 3.8) is 0 Å². The highest BCUT2D eigenvalue weighted by molar-refractivity contribution is 6.00. The molecule has 1 aliphatic rings. The van der Waals surface area contributed by atoms with Crippen molar-refractivity contribution in [1.82, 2.24) is 0 Å². The van der Waals surface area contributed by atoms with Crippen LogP contribution in [0, 0.1) is 0 Å². The normalized spacial score (nSPS) is 13.8. The number of Topliss-reactive ketones (excluding diaryl/α,β-unsaturated/α-hetero) is 1. The summed E-state index contributed by atoms with van der Waals surface area (Å²) < 4.78 is 10.4. The number of ketones is 1. The summed E-state index contributed by atoms with van der Waals surface area (Å²) in [6, 6.07) is 13.0. The van der Waals surface area contributed by atoms with E-state index in [9.17, 15) is 9.59 Å². The maximum Gasteiger partial charge on any atom is 0.310 e. The van der Waals surface area contributed by atoms with Crippen LogP contribution in [0.15, 0.2) is 42.5 Å². The predicted octanol–water partition coefficient (Wildman–Crippen LogP) is 3.54. The highest BCUT2D eigenvalue weighted by Gasteiger charge is 2.21. The number of benzene rings is 2. The molecule has 2 aromatic carbocycles. The summed E-state index contributed by atoms with van der Waals surface area (Å²) in [7, 11) is 1.59. The lowest BCUT2D eigenvalue weighted by Crippen LogP contribution is -2.25. The van der Waals surface area contributed by atoms with Crippen LogP contribution in [-0.2, 0) is 28.8 Å². The Kier molecular flexibility index (Phi) is 5.17. The molecule has 0 unspecified atom stereocenters. The van der Waals surface area contributed by atoms with Crippen molar-refractivity contribution in [2.75, 3.05) is 7.11 Å². The van der Waals surface area contributed by atoms with Crippen molar-refractivity contribution < 1.29 is 19.1 Å². The molecule has 0 spiro atoms. The topological polar surface area (TPSA) is 52.6 Å². The monoisotopic (exact) mass is 338 g/mol. The van der Waals surface area contributed by atoms with Crippen molar-refractivity contribution in [3.8, 4) is 5.75 Å². The van der Waals surface area contributed by atoms with Gasteiger partial charge in [0.15, 0.2) is 6.10 Å². The third-order valence-electron chi connectivity index (χ3n) is 4.57. The van der Waals surface area contributed by atoms with Crippen molar-refractivity contribution in [2.24, 2.45) is 0 Å². The maximum absolute atomic E-state index is 12.5. The van der Waals surface area contributed by atoms with Crippen LogP contribution in [0.1, 0.15) is 40.4 Å². The fourth-order valence-corrected chi connectivity index (χ4v) is 3.16. The van der Waals surface area contributed by atoms with Gasteiger partial charge in [0.25, 0.3) is 0 Å². The van der Waals surface area contributed by atoms with Crippen LogP contribution >= 0.6 is 0 Å². The minimum absolute atomic E-state index is 0.131. The molecule has 130 valence electrons. The highest BCUT2D eigenvalue weighted by Crippen LogP contribution is 2.23. The molecule has 4 nitrogen and oxygen atoms in total. The average Bonchev–Trinajstić information content (AvgIpc) is 3.09. The SMILES string of the molecule is COc1ccc(CC(=O)O[C@H](C)C(=O)c2ccc3c(c2)CCC3)cc1. The highest BCUT2D eigenvalue weighted by atomic mass is 16.5. The van der Waals surface area contributed by atoms with Gasteiger partial charge in [-0.15, -0.1) is 0 Å². The molecule has 0 aromatic heterocycles. The minimum atomic E-state index is -0.787. The number of esters is 1. The first-order valence-corrected chi connectivity index (χ1v) is 8.55. The number of carbonyl (C=O) groups excluding carboxylic acids is 2. The second kappa shape index (κ2) is 7.51. The largest absolute Gasteiger partial charge is 0.497 e. The quantitative estimate of drug-likeness (QED) is 0.597. The molecule has 1 aliphatic carbocycles. The third-order valence-corrected chi connectivity index (χ3v) is 4.57. The Bertz CT molecular complexity index is 777. The van der Waals surface area contributed by atoms with Crippen LogP contribution in [0.2, 0.25) is 0 Å². The molecule has 0 N–H and O–H groups in total. The molecule has 25 heavy (non-hydrogen) atoms. The molecular formula is C21H22O4. The summed E-state index contributed by atoms with van der Waals surface area (Å²) in [4.78, 5) is 24.6. The van der Waals surface area contributed by atoms with Gasteiger partial charge in [-0.05, 0) is 61.1 Å². The molecule has 0 amide bonds. The molecule has 0 aliphatic heterocycles. The van der Waals surface area contributed by atoms with Crippen LogP contribution in [0.3, 0.4) is 0 Å². The van der Waals surface area contributed by atoms with E-state index in [0.29, 0.717) is 5.56 Å². The van der Waals surface area contributed by atoms with Crippen molar-refractivity contribution in [1.29, 1.82) is 0 Å². The van der Waals surface area contributed by atoms with E-state index in [0.717, 1.165) is 30.6 Å². The lowest BCUT2D eigenvalue weighted by atomic mass is 10.0. The molecule has 0 saturated carbocycles.